The van der Waals surface area contributed by atoms with E-state index in [1.807, 2.05) is 61.6 Å². The van der Waals surface area contributed by atoms with E-state index in [1.165, 1.54) is 7.11 Å². The molecule has 0 unspecified atom stereocenters. The van der Waals surface area contributed by atoms with Gasteiger partial charge in [-0.3, -0.25) is 14.3 Å². The molecule has 6 nitrogen and oxygen atoms in total. The van der Waals surface area contributed by atoms with Gasteiger partial charge in [0.1, 0.15) is 5.82 Å². The van der Waals surface area contributed by atoms with E-state index in [4.69, 9.17) is 4.74 Å². The van der Waals surface area contributed by atoms with Crippen LogP contribution in [0.2, 0.25) is 0 Å². The number of carbonyl (C=O) groups is 2. The van der Waals surface area contributed by atoms with Gasteiger partial charge in [0, 0.05) is 19.0 Å². The summed E-state index contributed by atoms with van der Waals surface area (Å²) in [6, 6.07) is 26.4. The molecule has 3 aromatic carbocycles. The van der Waals surface area contributed by atoms with Gasteiger partial charge in [-0.05, 0) is 46.6 Å². The third-order valence-corrected chi connectivity index (χ3v) is 7.35. The number of esters is 1. The average molecular weight is 494 g/mol. The van der Waals surface area contributed by atoms with Gasteiger partial charge in [0.25, 0.3) is 0 Å². The summed E-state index contributed by atoms with van der Waals surface area (Å²) in [6.07, 6.45) is 3.84. The highest BCUT2D eigenvalue weighted by atomic mass is 16.5. The fraction of sp³-hybridized carbons (Fsp3) is 0.258. The molecule has 4 aromatic rings. The van der Waals surface area contributed by atoms with Crippen LogP contribution in [0.25, 0.3) is 22.3 Å². The summed E-state index contributed by atoms with van der Waals surface area (Å²) in [5.41, 5.74) is 5.69. The molecule has 5 rings (SSSR count). The number of hydrogen-bond donors (Lipinski definition) is 1. The predicted molar refractivity (Wildman–Crippen MR) is 145 cm³/mol. The summed E-state index contributed by atoms with van der Waals surface area (Å²) >= 11 is 0. The number of aryl methyl sites for hydroxylation is 1. The van der Waals surface area contributed by atoms with Crippen molar-refractivity contribution in [3.8, 4) is 22.3 Å². The lowest BCUT2D eigenvalue weighted by atomic mass is 9.93. The lowest BCUT2D eigenvalue weighted by molar-refractivity contribution is -0.143. The van der Waals surface area contributed by atoms with Gasteiger partial charge < -0.3 is 10.1 Å². The zero-order valence-corrected chi connectivity index (χ0v) is 21.4. The topological polar surface area (TPSA) is 73.2 Å². The minimum Gasteiger partial charge on any atom is -0.468 e. The summed E-state index contributed by atoms with van der Waals surface area (Å²) in [5.74, 6) is 0.600. The van der Waals surface area contributed by atoms with E-state index < -0.39 is 5.41 Å². The second-order valence-electron chi connectivity index (χ2n) is 9.82. The zero-order chi connectivity index (χ0) is 26.0. The minimum atomic E-state index is -0.461. The van der Waals surface area contributed by atoms with Crippen molar-refractivity contribution in [3.63, 3.8) is 0 Å². The normalized spacial score (nSPS) is 14.6. The van der Waals surface area contributed by atoms with Crippen LogP contribution in [-0.4, -0.2) is 28.8 Å². The number of nitrogens with one attached hydrogen (secondary N) is 1. The molecule has 1 amide bonds. The number of amides is 1. The number of aromatic nitrogens is 2. The van der Waals surface area contributed by atoms with Gasteiger partial charge >= 0.3 is 5.97 Å². The van der Waals surface area contributed by atoms with Crippen LogP contribution in [0, 0.1) is 0 Å². The smallest absolute Gasteiger partial charge is 0.316 e. The van der Waals surface area contributed by atoms with Gasteiger partial charge in [0.15, 0.2) is 0 Å². The van der Waals surface area contributed by atoms with E-state index in [-0.39, 0.29) is 17.8 Å². The number of anilines is 1. The Balaban J connectivity index is 1.30. The highest BCUT2D eigenvalue weighted by Crippen LogP contribution is 2.49. The maximum atomic E-state index is 12.9. The van der Waals surface area contributed by atoms with Crippen LogP contribution in [0.5, 0.6) is 0 Å². The molecule has 1 N–H and O–H groups in total. The molecule has 0 spiro atoms. The van der Waals surface area contributed by atoms with Crippen LogP contribution in [0.3, 0.4) is 0 Å². The van der Waals surface area contributed by atoms with Crippen LogP contribution < -0.4 is 5.32 Å². The molecule has 6 heteroatoms. The Morgan fingerprint density at radius 1 is 0.946 bits per heavy atom. The fourth-order valence-corrected chi connectivity index (χ4v) is 4.91. The van der Waals surface area contributed by atoms with Crippen LogP contribution >= 0.6 is 0 Å². The van der Waals surface area contributed by atoms with E-state index in [0.717, 1.165) is 46.2 Å². The first kappa shape index (κ1) is 24.5. The predicted octanol–water partition coefficient (Wildman–Crippen LogP) is 6.09. The van der Waals surface area contributed by atoms with Crippen molar-refractivity contribution < 1.29 is 14.3 Å². The molecule has 1 aliphatic carbocycles. The molecular weight excluding hydrogens is 462 g/mol. The molecule has 0 saturated heterocycles. The van der Waals surface area contributed by atoms with E-state index in [9.17, 15) is 9.59 Å². The molecule has 0 bridgehead atoms. The summed E-state index contributed by atoms with van der Waals surface area (Å²) in [5, 5.41) is 7.46. The zero-order valence-electron chi connectivity index (χ0n) is 21.4. The van der Waals surface area contributed by atoms with Crippen molar-refractivity contribution >= 4 is 17.7 Å². The quantitative estimate of drug-likeness (QED) is 0.302. The van der Waals surface area contributed by atoms with E-state index in [0.29, 0.717) is 12.2 Å². The minimum absolute atomic E-state index is 0.0432. The van der Waals surface area contributed by atoms with Crippen LogP contribution in [0.1, 0.15) is 43.2 Å². The number of rotatable bonds is 8. The summed E-state index contributed by atoms with van der Waals surface area (Å²) in [4.78, 5) is 25.0. The SMILES string of the molecule is COC(=O)C1(c2ccc(-c3ccc(-c4cnn(C)c4NC(=O)C[C@H](C)c4ccccc4)cc3)cc2)CC1. The third-order valence-electron chi connectivity index (χ3n) is 7.35. The number of ether oxygens (including phenoxy) is 1. The van der Waals surface area contributed by atoms with E-state index >= 15 is 0 Å². The average Bonchev–Trinajstić information content (AvgIpc) is 3.67. The Labute approximate surface area is 217 Å². The largest absolute Gasteiger partial charge is 0.468 e. The Kier molecular flexibility index (Phi) is 6.66. The lowest BCUT2D eigenvalue weighted by Crippen LogP contribution is -2.21. The van der Waals surface area contributed by atoms with Crippen molar-refractivity contribution in [1.29, 1.82) is 0 Å². The molecule has 1 aromatic heterocycles. The highest BCUT2D eigenvalue weighted by molar-refractivity contribution is 5.94. The Morgan fingerprint density at radius 3 is 2.14 bits per heavy atom. The van der Waals surface area contributed by atoms with Gasteiger partial charge in [-0.25, -0.2) is 0 Å². The van der Waals surface area contributed by atoms with Gasteiger partial charge in [-0.15, -0.1) is 0 Å². The lowest BCUT2D eigenvalue weighted by Gasteiger charge is -2.14. The summed E-state index contributed by atoms with van der Waals surface area (Å²) in [7, 11) is 3.28. The monoisotopic (exact) mass is 493 g/mol. The Hall–Kier alpha value is -4.19. The van der Waals surface area contributed by atoms with Crippen molar-refractivity contribution in [2.24, 2.45) is 7.05 Å². The van der Waals surface area contributed by atoms with Gasteiger partial charge in [-0.2, -0.15) is 5.10 Å². The highest BCUT2D eigenvalue weighted by Gasteiger charge is 2.52. The van der Waals surface area contributed by atoms with Gasteiger partial charge in [-0.1, -0.05) is 85.8 Å². The molecule has 1 aliphatic rings. The first-order valence-electron chi connectivity index (χ1n) is 12.6. The van der Waals surface area contributed by atoms with Gasteiger partial charge in [0.2, 0.25) is 5.91 Å². The van der Waals surface area contributed by atoms with Crippen molar-refractivity contribution in [3.05, 3.63) is 96.2 Å². The number of nitrogens with zero attached hydrogens (tertiary/aromatic N) is 2. The fourth-order valence-electron chi connectivity index (χ4n) is 4.91. The van der Waals surface area contributed by atoms with Crippen LogP contribution in [0.15, 0.2) is 85.1 Å². The van der Waals surface area contributed by atoms with Crippen LogP contribution in [0.4, 0.5) is 5.82 Å². The number of carbonyl (C=O) groups excluding carboxylic acids is 2. The molecule has 1 saturated carbocycles. The summed E-state index contributed by atoms with van der Waals surface area (Å²) in [6.45, 7) is 2.06. The first-order chi connectivity index (χ1) is 17.9. The third kappa shape index (κ3) is 4.92. The standard InChI is InChI=1S/C31H31N3O3/c1-21(22-7-5-4-6-8-22)19-28(35)33-29-27(20-32-34(29)2)25-11-9-23(10-12-25)24-13-15-26(16-14-24)31(17-18-31)30(36)37-3/h4-16,20-21H,17-19H2,1-3H3,(H,33,35)/t21-/m0/s1. The molecule has 1 atom stereocenters. The number of benzene rings is 3. The van der Waals surface area contributed by atoms with E-state index in [1.54, 1.807) is 10.9 Å². The van der Waals surface area contributed by atoms with Crippen molar-refractivity contribution in [2.45, 2.75) is 37.5 Å². The maximum absolute atomic E-state index is 12.9. The van der Waals surface area contributed by atoms with Gasteiger partial charge in [0.05, 0.1) is 18.7 Å². The molecule has 1 heterocycles. The molecule has 1 fully saturated rings. The number of methoxy groups -OCH3 is 1. The molecule has 37 heavy (non-hydrogen) atoms. The summed E-state index contributed by atoms with van der Waals surface area (Å²) < 4.78 is 6.70. The molecule has 188 valence electrons. The van der Waals surface area contributed by atoms with Crippen molar-refractivity contribution in [1.82, 2.24) is 9.78 Å². The van der Waals surface area contributed by atoms with Crippen molar-refractivity contribution in [2.75, 3.05) is 12.4 Å². The number of hydrogen-bond acceptors (Lipinski definition) is 4. The first-order valence-corrected chi connectivity index (χ1v) is 12.6. The Bertz CT molecular complexity index is 1400. The Morgan fingerprint density at radius 2 is 1.54 bits per heavy atom. The molecule has 0 radical (unpaired) electrons. The molecule has 0 aliphatic heterocycles. The second kappa shape index (κ2) is 10.1. The molecular formula is C31H31N3O3. The second-order valence-corrected chi connectivity index (χ2v) is 9.82. The van der Waals surface area contributed by atoms with Crippen LogP contribution in [-0.2, 0) is 26.8 Å². The maximum Gasteiger partial charge on any atom is 0.316 e. The van der Waals surface area contributed by atoms with E-state index in [2.05, 4.69) is 41.6 Å².